The molecule has 5 rings (SSSR count). The van der Waals surface area contributed by atoms with Gasteiger partial charge in [0.25, 0.3) is 0 Å². The molecular weight excluding hydrogens is 2080 g/mol. The largest absolute Gasteiger partial charge is 0.535 e. The molecule has 2 aliphatic heterocycles. The second-order valence-corrected chi connectivity index (χ2v) is 151. The molecule has 140 heavy (non-hydrogen) atoms. The van der Waals surface area contributed by atoms with Gasteiger partial charge in [0.1, 0.15) is 70.3 Å². The van der Waals surface area contributed by atoms with Crippen LogP contribution < -0.4 is 62.1 Å². The van der Waals surface area contributed by atoms with Crippen LogP contribution in [0, 0.1) is 0 Å². The molecule has 3 aromatic rings. The molecular formula is C93H251N23O3Si21. The zero-order valence-corrected chi connectivity index (χ0v) is 128. The van der Waals surface area contributed by atoms with Crippen molar-refractivity contribution in [1.82, 2.24) is 104 Å². The standard InChI is InChI=1S/C12H31NSi2.C8H28N4Si4.C8H21NOSi2.C7H13NSi.C7H19NSi.C6H21N3Si3.C6H12N2Si.C6H18N2Si.C6H15NOSi.C6H19NSi2.C6H15N.C5H11N3Si.C5H13NOSi.C5H15NSi/c1-7-14(8-2,9-3)13-15(10-4,11-5)12-6;1-13(2)9-14(3,4)11-16(7,8)12-15(5,6)10-13;1-8(9-11(2,3)4)10-12(5,6)7;1-9(2,3)8-6-4-5-7-8;1-6-8(7-2)9(3,4)5;1-10(2)7-11(3,4)9-12(5,6)8-10;1-9(2,3)8-5-4-7-6-8;1-5-7-9(3,4)8-6-2;1-6(8)7(2)9(3,4)5;1-8(2,3)7-9(4,5)6;1-5(2)7-6(3)4;1-9(2,3)8-5-6-4-7-8;1-5(7)6-8(2,3)4;1-6(2)7(3,4)5/h13H,7-12H2,1-6H3;9-12H,1-8H3;1-7H3;4-7H,1-3H3;6-7H2,1-5H3;7-9H,1-6H3;4-6H,1-3H3;7-8H,5-6H2,1-4H3;1-5H3;7H,1-6H3;5-7H,1-4H3;4-5H,1-3H3;1-4H3,(H,6,7);1-5H3. The first-order chi connectivity index (χ1) is 61.6. The maximum absolute atomic E-state index is 10.8. The van der Waals surface area contributed by atoms with Crippen LogP contribution in [0.15, 0.2) is 60.6 Å². The Morgan fingerprint density at radius 3 is 0.807 bits per heavy atom. The van der Waals surface area contributed by atoms with Gasteiger partial charge in [-0.05, 0) is 265 Å². The van der Waals surface area contributed by atoms with Gasteiger partial charge in [0.05, 0.1) is 6.33 Å². The highest BCUT2D eigenvalue weighted by Gasteiger charge is 2.47. The lowest BCUT2D eigenvalue weighted by Crippen LogP contribution is -2.87. The van der Waals surface area contributed by atoms with Gasteiger partial charge in [0, 0.05) is 52.3 Å². The molecule has 0 atom stereocenters. The second-order valence-electron chi connectivity index (χ2n) is 53.9. The lowest BCUT2D eigenvalue weighted by atomic mass is 10.3. The van der Waals surface area contributed by atoms with Crippen molar-refractivity contribution in [3.05, 3.63) is 55.9 Å². The fraction of sp³-hybridized carbons (Fsp3) is 0.871. The van der Waals surface area contributed by atoms with E-state index in [-0.39, 0.29) is 11.8 Å². The molecule has 0 spiro atoms. The molecule has 0 radical (unpaired) electrons. The van der Waals surface area contributed by atoms with Crippen LogP contribution >= 0.6 is 0 Å². The van der Waals surface area contributed by atoms with Gasteiger partial charge in [-0.25, -0.2) is 9.97 Å². The van der Waals surface area contributed by atoms with Gasteiger partial charge in [-0.2, -0.15) is 5.10 Å². The average Bonchev–Trinajstić information content (AvgIpc) is 0.886. The number of nitrogens with one attached hydrogen (secondary N) is 13. The van der Waals surface area contributed by atoms with Crippen molar-refractivity contribution >= 4 is 192 Å². The number of nitrogens with zero attached hydrogens (tertiary/aromatic N) is 10. The third-order valence-electron chi connectivity index (χ3n) is 21.4. The minimum atomic E-state index is -1.49. The molecule has 13 N–H and O–H groups in total. The topological polar surface area (TPSA) is 275 Å². The van der Waals surface area contributed by atoms with Gasteiger partial charge in [-0.15, -0.1) is 0 Å². The fourth-order valence-corrected chi connectivity index (χ4v) is 96.9. The van der Waals surface area contributed by atoms with E-state index < -0.39 is 174 Å². The van der Waals surface area contributed by atoms with Gasteiger partial charge < -0.3 is 88.7 Å². The maximum Gasteiger partial charge on any atom is 0.243 e. The summed E-state index contributed by atoms with van der Waals surface area (Å²) in [6, 6.07) is 13.9. The molecule has 2 saturated heterocycles. The number of carbonyl (C=O) groups is 2. The van der Waals surface area contributed by atoms with Crippen molar-refractivity contribution in [1.29, 1.82) is 0 Å². The Hall–Kier alpha value is 0.0345. The highest BCUT2D eigenvalue weighted by atomic mass is 28.5. The monoisotopic (exact) mass is 2330 g/mol. The molecule has 0 bridgehead atoms. The van der Waals surface area contributed by atoms with Gasteiger partial charge >= 0.3 is 0 Å². The summed E-state index contributed by atoms with van der Waals surface area (Å²) in [6.45, 7) is 154. The predicted octanol–water partition coefficient (Wildman–Crippen LogP) is 24.8. The molecule has 2 fully saturated rings. The van der Waals surface area contributed by atoms with Gasteiger partial charge in [-0.3, -0.25) is 18.6 Å². The van der Waals surface area contributed by atoms with E-state index in [0.29, 0.717) is 12.1 Å². The summed E-state index contributed by atoms with van der Waals surface area (Å²) in [5, 5.41) is 7.36. The Balaban J connectivity index is -0.000000190. The number of carbonyl (C=O) groups excluding carboxylic acids is 2. The van der Waals surface area contributed by atoms with Crippen LogP contribution in [-0.2, 0) is 14.0 Å². The van der Waals surface area contributed by atoms with Gasteiger partial charge in [0.2, 0.25) is 20.1 Å². The van der Waals surface area contributed by atoms with Crippen molar-refractivity contribution < 1.29 is 14.0 Å². The third-order valence-corrected chi connectivity index (χ3v) is 93.1. The summed E-state index contributed by atoms with van der Waals surface area (Å²) in [4.78, 5) is 38.8. The van der Waals surface area contributed by atoms with Crippen LogP contribution in [0.25, 0.3) is 0 Å². The molecule has 0 saturated carbocycles. The molecule has 5 heterocycles. The first kappa shape index (κ1) is 158. The minimum absolute atomic E-state index is 0.0872. The molecule has 47 heteroatoms. The zero-order valence-electron chi connectivity index (χ0n) is 107. The summed E-state index contributed by atoms with van der Waals surface area (Å²) in [5.41, 5.74) is 0. The predicted molar refractivity (Wildman–Crippen MR) is 696 cm³/mol. The second kappa shape index (κ2) is 68.9. The van der Waals surface area contributed by atoms with Crippen molar-refractivity contribution in [2.75, 3.05) is 47.3 Å². The van der Waals surface area contributed by atoms with Crippen molar-refractivity contribution in [2.24, 2.45) is 4.66 Å². The molecule has 26 nitrogen and oxygen atoms in total. The van der Waals surface area contributed by atoms with Gasteiger partial charge in [0.15, 0.2) is 114 Å². The van der Waals surface area contributed by atoms with Gasteiger partial charge in [-0.1, -0.05) is 254 Å². The Morgan fingerprint density at radius 2 is 0.700 bits per heavy atom. The van der Waals surface area contributed by atoms with Crippen LogP contribution in [0.5, 0.6) is 0 Å². The number of amides is 2. The Bertz CT molecular complexity index is 3320. The fourth-order valence-electron chi connectivity index (χ4n) is 16.1. The lowest BCUT2D eigenvalue weighted by Gasteiger charge is -2.49. The first-order valence-electron chi connectivity index (χ1n) is 53.2. The van der Waals surface area contributed by atoms with Crippen LogP contribution in [0.2, 0.25) is 357 Å². The Kier molecular flexibility index (Phi) is 77.6. The molecule has 0 unspecified atom stereocenters. The summed E-state index contributed by atoms with van der Waals surface area (Å²) >= 11 is 0. The Morgan fingerprint density at radius 1 is 0.400 bits per heavy atom. The summed E-state index contributed by atoms with van der Waals surface area (Å²) in [7, 11) is -19.8. The van der Waals surface area contributed by atoms with Crippen LogP contribution in [0.3, 0.4) is 0 Å². The van der Waals surface area contributed by atoms with Crippen LogP contribution in [0.1, 0.15) is 118 Å². The van der Waals surface area contributed by atoms with E-state index in [1.165, 1.54) is 49.4 Å². The molecule has 840 valence electrons. The molecule has 2 amide bonds. The van der Waals surface area contributed by atoms with Crippen molar-refractivity contribution in [3.63, 3.8) is 0 Å². The zero-order chi connectivity index (χ0) is 114. The third kappa shape index (κ3) is 96.3. The smallest absolute Gasteiger partial charge is 0.243 e. The number of aromatic nitrogens is 6. The number of hydrogen-bond donors (Lipinski definition) is 13. The quantitative estimate of drug-likeness (QED) is 0.0192. The highest BCUT2D eigenvalue weighted by Crippen LogP contribution is 2.26. The number of rotatable bonds is 27. The summed E-state index contributed by atoms with van der Waals surface area (Å²) < 4.78 is 58.6. The van der Waals surface area contributed by atoms with E-state index in [2.05, 4.69) is 556 Å². The maximum atomic E-state index is 10.8. The normalized spacial score (nSPS) is 16.3. The van der Waals surface area contributed by atoms with Crippen LogP contribution in [0.4, 0.5) is 0 Å². The SMILES string of the molecule is CC(=N[Si](C)(C)C)O[Si](C)(C)C.CC(=O)N(C)[Si](C)(C)C.CC(=O)N[Si](C)(C)C.CC(C)NC(C)C.CCN(CC)[Si](C)(C)C.CCN[Si](C)(C)NCC.CC[Si](CC)(CC)N[Si](CC)(CC)CC.CN(C)[Si](C)(C)C.C[Si](C)(C)N[Si](C)(C)C.C[Si](C)(C)n1cccc1.C[Si](C)(C)n1ccnc1.C[Si](C)(C)n1cncn1.C[Si]1(C)N[Si](C)(C)N[Si](C)(C)N1.C[Si]1(C)N[Si](C)(C)N[Si](C)(C)N[Si](C)(C)N1. The molecule has 3 aromatic heterocycles. The van der Waals surface area contributed by atoms with E-state index in [4.69, 9.17) is 4.43 Å². The van der Waals surface area contributed by atoms with E-state index in [1.54, 1.807) is 26.5 Å². The highest BCUT2D eigenvalue weighted by molar-refractivity contribution is 7.06. The van der Waals surface area contributed by atoms with E-state index >= 15 is 0 Å². The van der Waals surface area contributed by atoms with E-state index in [0.717, 1.165) is 19.0 Å². The molecule has 0 aliphatic carbocycles. The number of imidazole rings is 1. The van der Waals surface area contributed by atoms with E-state index in [9.17, 15) is 9.59 Å². The lowest BCUT2D eigenvalue weighted by molar-refractivity contribution is -0.124. The van der Waals surface area contributed by atoms with E-state index in [1.807, 2.05) is 41.6 Å². The van der Waals surface area contributed by atoms with Crippen molar-refractivity contribution in [2.45, 2.75) is 487 Å². The van der Waals surface area contributed by atoms with Crippen LogP contribution in [-0.4, -0.2) is 293 Å². The van der Waals surface area contributed by atoms with Crippen molar-refractivity contribution in [3.8, 4) is 0 Å². The summed E-state index contributed by atoms with van der Waals surface area (Å²) in [6.07, 6.45) is 13.4. The summed E-state index contributed by atoms with van der Waals surface area (Å²) in [5.74, 6) is 1.15. The molecule has 0 aromatic carbocycles. The first-order valence-corrected chi connectivity index (χ1v) is 120. The minimum Gasteiger partial charge on any atom is -0.535 e. The average molecular weight is 2330 g/mol. The molecule has 2 aliphatic rings. The number of hydrogen-bond acceptors (Lipinski definition) is 21. The Labute approximate surface area is 896 Å².